The first-order valence-electron chi connectivity index (χ1n) is 8.84. The molecule has 0 fully saturated rings. The smallest absolute Gasteiger partial charge is 0.213 e. The second-order valence-corrected chi connectivity index (χ2v) is 7.66. The summed E-state index contributed by atoms with van der Waals surface area (Å²) in [4.78, 5) is 8.53. The van der Waals surface area contributed by atoms with E-state index in [4.69, 9.17) is 25.5 Å². The molecule has 1 aliphatic rings. The molecule has 0 saturated heterocycles. The number of halogens is 1. The summed E-state index contributed by atoms with van der Waals surface area (Å²) in [6.07, 6.45) is 1.77. The summed E-state index contributed by atoms with van der Waals surface area (Å²) in [6.45, 7) is 8.28. The van der Waals surface area contributed by atoms with E-state index in [1.807, 2.05) is 12.1 Å². The summed E-state index contributed by atoms with van der Waals surface area (Å²) < 4.78 is 16.9. The minimum atomic E-state index is -0.0668. The lowest BCUT2D eigenvalue weighted by Gasteiger charge is -2.20. The molecule has 1 aromatic heterocycles. The van der Waals surface area contributed by atoms with E-state index < -0.39 is 0 Å². The van der Waals surface area contributed by atoms with Crippen molar-refractivity contribution in [2.45, 2.75) is 39.3 Å². The highest BCUT2D eigenvalue weighted by Gasteiger charge is 2.19. The number of hydrogen-bond donors (Lipinski definition) is 2. The number of fused-ring (bicyclic) bond motifs is 1. The van der Waals surface area contributed by atoms with Gasteiger partial charge >= 0.3 is 0 Å². The van der Waals surface area contributed by atoms with Gasteiger partial charge in [-0.3, -0.25) is 4.99 Å². The van der Waals surface area contributed by atoms with Gasteiger partial charge in [-0.05, 0) is 17.7 Å². The zero-order valence-electron chi connectivity index (χ0n) is 16.1. The lowest BCUT2D eigenvalue weighted by Crippen LogP contribution is -2.36. The molecule has 0 amide bonds. The molecule has 0 atom stereocenters. The van der Waals surface area contributed by atoms with Crippen molar-refractivity contribution in [1.82, 2.24) is 15.6 Å². The van der Waals surface area contributed by atoms with Gasteiger partial charge in [-0.1, -0.05) is 32.4 Å². The van der Waals surface area contributed by atoms with Crippen LogP contribution in [0.4, 0.5) is 0 Å². The van der Waals surface area contributed by atoms with Gasteiger partial charge in [0.15, 0.2) is 17.5 Å². The number of nitrogens with one attached hydrogen (secondary N) is 2. The Morgan fingerprint density at radius 1 is 1.19 bits per heavy atom. The highest BCUT2D eigenvalue weighted by molar-refractivity contribution is 6.32. The van der Waals surface area contributed by atoms with Crippen LogP contribution in [0, 0.1) is 0 Å². The van der Waals surface area contributed by atoms with E-state index in [-0.39, 0.29) is 5.41 Å². The van der Waals surface area contributed by atoms with Gasteiger partial charge in [-0.15, -0.1) is 0 Å². The van der Waals surface area contributed by atoms with Crippen molar-refractivity contribution in [2.75, 3.05) is 20.3 Å². The zero-order chi connectivity index (χ0) is 19.4. The number of oxazole rings is 1. The highest BCUT2D eigenvalue weighted by Crippen LogP contribution is 2.38. The molecule has 1 aromatic carbocycles. The standard InChI is InChI=1S/C19H25ClN4O3/c1-19(2,3)15-10-22-16(27-15)11-24-18(21-4)23-9-12-7-13(20)17-14(8-12)25-5-6-26-17/h7-8,10H,5-6,9,11H2,1-4H3,(H2,21,23,24). The SMILES string of the molecule is CN=C(NCc1cc(Cl)c2c(c1)OCCO2)NCc1ncc(C(C)(C)C)o1. The van der Waals surface area contributed by atoms with Crippen molar-refractivity contribution in [3.05, 3.63) is 40.6 Å². The average molecular weight is 393 g/mol. The maximum Gasteiger partial charge on any atom is 0.213 e. The molecule has 1 aliphatic heterocycles. The van der Waals surface area contributed by atoms with Crippen LogP contribution in [0.2, 0.25) is 5.02 Å². The number of hydrogen-bond acceptors (Lipinski definition) is 5. The van der Waals surface area contributed by atoms with Gasteiger partial charge < -0.3 is 24.5 Å². The minimum absolute atomic E-state index is 0.0668. The van der Waals surface area contributed by atoms with Crippen LogP contribution in [0.5, 0.6) is 11.5 Å². The molecule has 146 valence electrons. The molecule has 0 spiro atoms. The zero-order valence-corrected chi connectivity index (χ0v) is 16.8. The molecule has 8 heteroatoms. The fourth-order valence-corrected chi connectivity index (χ4v) is 2.86. The van der Waals surface area contributed by atoms with E-state index in [1.54, 1.807) is 13.2 Å². The molecule has 2 heterocycles. The van der Waals surface area contributed by atoms with E-state index in [0.717, 1.165) is 11.3 Å². The molecule has 0 unspecified atom stereocenters. The third kappa shape index (κ3) is 4.86. The molecule has 2 aromatic rings. The fourth-order valence-electron chi connectivity index (χ4n) is 2.57. The van der Waals surface area contributed by atoms with Crippen molar-refractivity contribution in [2.24, 2.45) is 4.99 Å². The molecule has 2 N–H and O–H groups in total. The van der Waals surface area contributed by atoms with Gasteiger partial charge in [0.05, 0.1) is 17.8 Å². The monoisotopic (exact) mass is 392 g/mol. The van der Waals surface area contributed by atoms with Crippen LogP contribution < -0.4 is 20.1 Å². The Labute approximate surface area is 164 Å². The molecule has 0 bridgehead atoms. The molecule has 0 aliphatic carbocycles. The first kappa shape index (κ1) is 19.4. The van der Waals surface area contributed by atoms with Crippen molar-refractivity contribution >= 4 is 17.6 Å². The number of aromatic nitrogens is 1. The van der Waals surface area contributed by atoms with Crippen LogP contribution in [0.1, 0.15) is 38.0 Å². The topological polar surface area (TPSA) is 80.9 Å². The molecule has 0 saturated carbocycles. The summed E-state index contributed by atoms with van der Waals surface area (Å²) in [7, 11) is 1.71. The van der Waals surface area contributed by atoms with Crippen LogP contribution in [0.25, 0.3) is 0 Å². The first-order valence-corrected chi connectivity index (χ1v) is 9.22. The van der Waals surface area contributed by atoms with Crippen LogP contribution in [-0.4, -0.2) is 31.2 Å². The Kier molecular flexibility index (Phi) is 5.79. The lowest BCUT2D eigenvalue weighted by molar-refractivity contribution is 0.171. The maximum atomic E-state index is 6.28. The minimum Gasteiger partial charge on any atom is -0.486 e. The van der Waals surface area contributed by atoms with Crippen LogP contribution in [-0.2, 0) is 18.5 Å². The second kappa shape index (κ2) is 8.08. The van der Waals surface area contributed by atoms with Gasteiger partial charge in [0.1, 0.15) is 19.0 Å². The molecule has 7 nitrogen and oxygen atoms in total. The predicted octanol–water partition coefficient (Wildman–Crippen LogP) is 3.26. The normalized spacial score (nSPS) is 14.2. The first-order chi connectivity index (χ1) is 12.9. The third-order valence-electron chi connectivity index (χ3n) is 4.04. The maximum absolute atomic E-state index is 6.28. The number of benzene rings is 1. The Morgan fingerprint density at radius 2 is 1.93 bits per heavy atom. The number of guanidine groups is 1. The summed E-state index contributed by atoms with van der Waals surface area (Å²) >= 11 is 6.28. The lowest BCUT2D eigenvalue weighted by atomic mass is 9.94. The molecule has 3 rings (SSSR count). The van der Waals surface area contributed by atoms with Gasteiger partial charge in [-0.2, -0.15) is 0 Å². The van der Waals surface area contributed by atoms with Crippen molar-refractivity contribution in [3.63, 3.8) is 0 Å². The molecule has 27 heavy (non-hydrogen) atoms. The molecular formula is C19H25ClN4O3. The number of nitrogens with zero attached hydrogens (tertiary/aromatic N) is 2. The van der Waals surface area contributed by atoms with Gasteiger partial charge in [-0.25, -0.2) is 4.98 Å². The van der Waals surface area contributed by atoms with E-state index in [0.29, 0.717) is 54.7 Å². The Hall–Kier alpha value is -2.41. The molecular weight excluding hydrogens is 368 g/mol. The Balaban J connectivity index is 1.57. The van der Waals surface area contributed by atoms with E-state index in [2.05, 4.69) is 41.4 Å². The Bertz CT molecular complexity index is 827. The van der Waals surface area contributed by atoms with Gasteiger partial charge in [0.2, 0.25) is 5.89 Å². The van der Waals surface area contributed by atoms with Gasteiger partial charge in [0, 0.05) is 19.0 Å². The van der Waals surface area contributed by atoms with E-state index in [9.17, 15) is 0 Å². The largest absolute Gasteiger partial charge is 0.486 e. The Morgan fingerprint density at radius 3 is 2.63 bits per heavy atom. The van der Waals surface area contributed by atoms with Crippen molar-refractivity contribution in [1.29, 1.82) is 0 Å². The van der Waals surface area contributed by atoms with Crippen LogP contribution in [0.15, 0.2) is 27.7 Å². The van der Waals surface area contributed by atoms with Crippen molar-refractivity contribution < 1.29 is 13.9 Å². The van der Waals surface area contributed by atoms with E-state index in [1.165, 1.54) is 0 Å². The number of aliphatic imine (C=N–C) groups is 1. The van der Waals surface area contributed by atoms with Crippen LogP contribution in [0.3, 0.4) is 0 Å². The summed E-state index contributed by atoms with van der Waals surface area (Å²) in [6, 6.07) is 3.78. The van der Waals surface area contributed by atoms with Crippen molar-refractivity contribution in [3.8, 4) is 11.5 Å². The second-order valence-electron chi connectivity index (χ2n) is 7.25. The van der Waals surface area contributed by atoms with Crippen LogP contribution >= 0.6 is 11.6 Å². The fraction of sp³-hybridized carbons (Fsp3) is 0.474. The van der Waals surface area contributed by atoms with E-state index >= 15 is 0 Å². The summed E-state index contributed by atoms with van der Waals surface area (Å²) in [5.74, 6) is 3.38. The summed E-state index contributed by atoms with van der Waals surface area (Å²) in [5, 5.41) is 6.98. The predicted molar refractivity (Wildman–Crippen MR) is 105 cm³/mol. The summed E-state index contributed by atoms with van der Waals surface area (Å²) in [5.41, 5.74) is 0.904. The number of rotatable bonds is 4. The third-order valence-corrected chi connectivity index (χ3v) is 4.32. The average Bonchev–Trinajstić information content (AvgIpc) is 3.11. The highest BCUT2D eigenvalue weighted by atomic mass is 35.5. The number of ether oxygens (including phenoxy) is 2. The van der Waals surface area contributed by atoms with Gasteiger partial charge in [0.25, 0.3) is 0 Å². The quantitative estimate of drug-likeness (QED) is 0.614. The molecule has 0 radical (unpaired) electrons.